The van der Waals surface area contributed by atoms with Gasteiger partial charge in [0.05, 0.1) is 13.2 Å². The van der Waals surface area contributed by atoms with E-state index in [-0.39, 0.29) is 5.91 Å². The van der Waals surface area contributed by atoms with E-state index in [0.717, 1.165) is 0 Å². The lowest BCUT2D eigenvalue weighted by atomic mass is 10.2. The number of methoxy groups -OCH3 is 1. The van der Waals surface area contributed by atoms with Gasteiger partial charge in [0.2, 0.25) is 5.91 Å². The van der Waals surface area contributed by atoms with Crippen molar-refractivity contribution in [2.24, 2.45) is 5.92 Å². The van der Waals surface area contributed by atoms with Gasteiger partial charge in [-0.3, -0.25) is 4.79 Å². The Balaban J connectivity index is 3.33. The molecule has 0 heterocycles. The lowest BCUT2D eigenvalue weighted by Gasteiger charge is -2.10. The van der Waals surface area contributed by atoms with Crippen molar-refractivity contribution < 1.29 is 9.53 Å². The molecule has 4 nitrogen and oxygen atoms in total. The molecule has 0 fully saturated rings. The Labute approximate surface area is 73.7 Å². The molecule has 2 N–H and O–H groups in total. The molecule has 12 heavy (non-hydrogen) atoms. The van der Waals surface area contributed by atoms with Crippen molar-refractivity contribution in [1.82, 2.24) is 10.6 Å². The average Bonchev–Trinajstić information content (AvgIpc) is 2.02. The predicted molar refractivity (Wildman–Crippen MR) is 48.0 cm³/mol. The second-order valence-electron chi connectivity index (χ2n) is 2.89. The minimum atomic E-state index is 0.0282. The van der Waals surface area contributed by atoms with Crippen LogP contribution in [0.5, 0.6) is 0 Å². The first-order valence-corrected chi connectivity index (χ1v) is 4.11. The van der Waals surface area contributed by atoms with E-state index < -0.39 is 0 Å². The monoisotopic (exact) mass is 174 g/mol. The Kier molecular flexibility index (Phi) is 6.70. The van der Waals surface area contributed by atoms with Crippen molar-refractivity contribution in [3.05, 3.63) is 0 Å². The van der Waals surface area contributed by atoms with E-state index in [4.69, 9.17) is 4.74 Å². The molecule has 0 radical (unpaired) electrons. The van der Waals surface area contributed by atoms with Gasteiger partial charge in [0.15, 0.2) is 0 Å². The fourth-order valence-corrected chi connectivity index (χ4v) is 0.855. The van der Waals surface area contributed by atoms with Gasteiger partial charge in [0, 0.05) is 13.7 Å². The summed E-state index contributed by atoms with van der Waals surface area (Å²) >= 11 is 0. The maximum absolute atomic E-state index is 10.9. The van der Waals surface area contributed by atoms with E-state index in [2.05, 4.69) is 10.6 Å². The van der Waals surface area contributed by atoms with Crippen molar-refractivity contribution in [2.75, 3.05) is 33.9 Å². The van der Waals surface area contributed by atoms with Gasteiger partial charge < -0.3 is 15.4 Å². The van der Waals surface area contributed by atoms with E-state index in [1.807, 2.05) is 6.92 Å². The predicted octanol–water partition coefficient (Wildman–Crippen LogP) is -0.396. The van der Waals surface area contributed by atoms with Gasteiger partial charge in [-0.1, -0.05) is 6.92 Å². The summed E-state index contributed by atoms with van der Waals surface area (Å²) in [5.41, 5.74) is 0. The molecule has 0 spiro atoms. The third kappa shape index (κ3) is 6.12. The number of carbonyl (C=O) groups is 1. The first kappa shape index (κ1) is 11.4. The van der Waals surface area contributed by atoms with Gasteiger partial charge in [-0.2, -0.15) is 0 Å². The Morgan fingerprint density at radius 2 is 2.25 bits per heavy atom. The molecule has 0 saturated heterocycles. The van der Waals surface area contributed by atoms with Crippen LogP contribution in [0.2, 0.25) is 0 Å². The summed E-state index contributed by atoms with van der Waals surface area (Å²) in [6.07, 6.45) is 0. The number of nitrogens with one attached hydrogen (secondary N) is 2. The molecule has 4 heteroatoms. The van der Waals surface area contributed by atoms with Gasteiger partial charge in [-0.05, 0) is 13.0 Å². The summed E-state index contributed by atoms with van der Waals surface area (Å²) in [5, 5.41) is 5.57. The summed E-state index contributed by atoms with van der Waals surface area (Å²) < 4.78 is 4.93. The maximum Gasteiger partial charge on any atom is 0.233 e. The van der Waals surface area contributed by atoms with Gasteiger partial charge >= 0.3 is 0 Å². The van der Waals surface area contributed by atoms with Crippen molar-refractivity contribution in [1.29, 1.82) is 0 Å². The number of hydrogen-bond acceptors (Lipinski definition) is 3. The molecule has 0 rings (SSSR count). The first-order valence-electron chi connectivity index (χ1n) is 4.11. The molecule has 0 aliphatic rings. The molecule has 0 saturated carbocycles. The highest BCUT2D eigenvalue weighted by atomic mass is 16.5. The highest BCUT2D eigenvalue weighted by molar-refractivity contribution is 5.77. The van der Waals surface area contributed by atoms with E-state index in [0.29, 0.717) is 25.6 Å². The fourth-order valence-electron chi connectivity index (χ4n) is 0.855. The van der Waals surface area contributed by atoms with Crippen LogP contribution in [-0.4, -0.2) is 39.8 Å². The SMILES string of the molecule is CNCC(=O)NCC(C)COC. The Morgan fingerprint density at radius 1 is 1.58 bits per heavy atom. The van der Waals surface area contributed by atoms with Gasteiger partial charge in [-0.15, -0.1) is 0 Å². The average molecular weight is 174 g/mol. The van der Waals surface area contributed by atoms with Crippen LogP contribution in [0.4, 0.5) is 0 Å². The summed E-state index contributed by atoms with van der Waals surface area (Å²) in [4.78, 5) is 10.9. The topological polar surface area (TPSA) is 50.4 Å². The zero-order valence-electron chi connectivity index (χ0n) is 8.02. The molecule has 72 valence electrons. The van der Waals surface area contributed by atoms with E-state index in [1.165, 1.54) is 0 Å². The highest BCUT2D eigenvalue weighted by Crippen LogP contribution is 1.91. The first-order chi connectivity index (χ1) is 5.70. The molecular weight excluding hydrogens is 156 g/mol. The van der Waals surface area contributed by atoms with Gasteiger partial charge in [0.1, 0.15) is 0 Å². The van der Waals surface area contributed by atoms with Crippen molar-refractivity contribution in [3.63, 3.8) is 0 Å². The number of amides is 1. The molecular formula is C8H18N2O2. The van der Waals surface area contributed by atoms with Crippen molar-refractivity contribution >= 4 is 5.91 Å². The smallest absolute Gasteiger partial charge is 0.233 e. The van der Waals surface area contributed by atoms with E-state index in [9.17, 15) is 4.79 Å². The van der Waals surface area contributed by atoms with E-state index in [1.54, 1.807) is 14.2 Å². The maximum atomic E-state index is 10.9. The van der Waals surface area contributed by atoms with Crippen molar-refractivity contribution in [3.8, 4) is 0 Å². The van der Waals surface area contributed by atoms with Crippen LogP contribution in [0.1, 0.15) is 6.92 Å². The molecule has 0 aromatic rings. The largest absolute Gasteiger partial charge is 0.384 e. The Bertz CT molecular complexity index is 128. The van der Waals surface area contributed by atoms with E-state index >= 15 is 0 Å². The summed E-state index contributed by atoms with van der Waals surface area (Å²) in [6.45, 7) is 3.76. The second-order valence-corrected chi connectivity index (χ2v) is 2.89. The van der Waals surface area contributed by atoms with Gasteiger partial charge in [0.25, 0.3) is 0 Å². The van der Waals surface area contributed by atoms with Crippen LogP contribution in [-0.2, 0) is 9.53 Å². The lowest BCUT2D eigenvalue weighted by molar-refractivity contribution is -0.120. The fraction of sp³-hybridized carbons (Fsp3) is 0.875. The zero-order chi connectivity index (χ0) is 9.40. The number of rotatable bonds is 6. The number of carbonyl (C=O) groups excluding carboxylic acids is 1. The third-order valence-electron chi connectivity index (χ3n) is 1.44. The summed E-state index contributed by atoms with van der Waals surface area (Å²) in [6, 6.07) is 0. The van der Waals surface area contributed by atoms with Crippen LogP contribution in [0.15, 0.2) is 0 Å². The number of likely N-dealkylation sites (N-methyl/N-ethyl adjacent to an activating group) is 1. The Hall–Kier alpha value is -0.610. The molecule has 1 amide bonds. The minimum Gasteiger partial charge on any atom is -0.384 e. The molecule has 0 aliphatic carbocycles. The highest BCUT2D eigenvalue weighted by Gasteiger charge is 2.03. The molecule has 0 aromatic carbocycles. The molecule has 1 atom stereocenters. The Morgan fingerprint density at radius 3 is 2.75 bits per heavy atom. The van der Waals surface area contributed by atoms with Crippen LogP contribution in [0.3, 0.4) is 0 Å². The quantitative estimate of drug-likeness (QED) is 0.576. The van der Waals surface area contributed by atoms with Crippen molar-refractivity contribution in [2.45, 2.75) is 6.92 Å². The summed E-state index contributed by atoms with van der Waals surface area (Å²) in [5.74, 6) is 0.399. The van der Waals surface area contributed by atoms with Gasteiger partial charge in [-0.25, -0.2) is 0 Å². The van der Waals surface area contributed by atoms with Crippen LogP contribution < -0.4 is 10.6 Å². The second kappa shape index (κ2) is 7.06. The van der Waals surface area contributed by atoms with Crippen LogP contribution >= 0.6 is 0 Å². The standard InChI is InChI=1S/C8H18N2O2/c1-7(6-12-3)4-10-8(11)5-9-2/h7,9H,4-6H2,1-3H3,(H,10,11). The van der Waals surface area contributed by atoms with Crippen LogP contribution in [0, 0.1) is 5.92 Å². The minimum absolute atomic E-state index is 0.0282. The third-order valence-corrected chi connectivity index (χ3v) is 1.44. The van der Waals surface area contributed by atoms with Crippen LogP contribution in [0.25, 0.3) is 0 Å². The number of ether oxygens (including phenoxy) is 1. The molecule has 0 aromatic heterocycles. The summed E-state index contributed by atoms with van der Waals surface area (Å²) in [7, 11) is 3.41. The normalized spacial score (nSPS) is 12.6. The lowest BCUT2D eigenvalue weighted by Crippen LogP contribution is -2.35. The molecule has 0 aliphatic heterocycles. The molecule has 1 unspecified atom stereocenters. The zero-order valence-corrected chi connectivity index (χ0v) is 8.02. The molecule has 0 bridgehead atoms. The number of hydrogen-bond donors (Lipinski definition) is 2.